The second-order valence-corrected chi connectivity index (χ2v) is 3.21. The third-order valence-corrected chi connectivity index (χ3v) is 2.13. The molecule has 2 rings (SSSR count). The first kappa shape index (κ1) is 9.03. The van der Waals surface area contributed by atoms with Crippen molar-refractivity contribution < 1.29 is 10.5 Å². The number of fused-ring (bicyclic) bond motifs is 1. The molecule has 0 saturated heterocycles. The van der Waals surface area contributed by atoms with Crippen LogP contribution in [-0.2, 0) is 0 Å². The summed E-state index contributed by atoms with van der Waals surface area (Å²) in [5, 5.41) is 2.46. The first-order valence-corrected chi connectivity index (χ1v) is 4.81. The number of benzene rings is 2. The van der Waals surface area contributed by atoms with E-state index < -0.39 is 0 Å². The Bertz CT molecular complexity index is 425. The van der Waals surface area contributed by atoms with Crippen LogP contribution >= 0.6 is 0 Å². The van der Waals surface area contributed by atoms with E-state index in [1.165, 1.54) is 10.8 Å². The van der Waals surface area contributed by atoms with Crippen LogP contribution in [0.15, 0.2) is 42.5 Å². The summed E-state index contributed by atoms with van der Waals surface area (Å²) in [6.07, 6.45) is 0. The molecule has 0 aliphatic heterocycles. The van der Waals surface area contributed by atoms with E-state index >= 15 is 0 Å². The van der Waals surface area contributed by atoms with E-state index in [2.05, 4.69) is 30.0 Å². The molecular formula is C12H14NO+. The van der Waals surface area contributed by atoms with E-state index in [1.807, 2.05) is 18.2 Å². The van der Waals surface area contributed by atoms with Crippen LogP contribution in [0.4, 0.5) is 0 Å². The highest BCUT2D eigenvalue weighted by atomic mass is 16.5. The Kier molecular flexibility index (Phi) is 2.65. The maximum Gasteiger partial charge on any atom is 0.137 e. The van der Waals surface area contributed by atoms with Gasteiger partial charge >= 0.3 is 0 Å². The molecule has 0 bridgehead atoms. The standard InChI is InChI=1S/C12H13NO/c13-7-8-14-12-6-5-10-3-1-2-4-11(10)9-12/h1-6,9H,7-8,13H2/p+1. The van der Waals surface area contributed by atoms with Crippen LogP contribution in [0.2, 0.25) is 0 Å². The molecule has 3 N–H and O–H groups in total. The first-order valence-electron chi connectivity index (χ1n) is 4.81. The van der Waals surface area contributed by atoms with E-state index in [1.54, 1.807) is 0 Å². The van der Waals surface area contributed by atoms with Crippen molar-refractivity contribution in [1.29, 1.82) is 0 Å². The van der Waals surface area contributed by atoms with Crippen LogP contribution in [0.3, 0.4) is 0 Å². The van der Waals surface area contributed by atoms with Gasteiger partial charge in [-0.25, -0.2) is 0 Å². The van der Waals surface area contributed by atoms with Gasteiger partial charge in [-0.1, -0.05) is 30.3 Å². The molecule has 0 fully saturated rings. The fraction of sp³-hybridized carbons (Fsp3) is 0.167. The summed E-state index contributed by atoms with van der Waals surface area (Å²) in [4.78, 5) is 0. The number of rotatable bonds is 3. The van der Waals surface area contributed by atoms with Gasteiger partial charge in [0.15, 0.2) is 0 Å². The van der Waals surface area contributed by atoms with Gasteiger partial charge in [-0.05, 0) is 22.9 Å². The third-order valence-electron chi connectivity index (χ3n) is 2.13. The fourth-order valence-corrected chi connectivity index (χ4v) is 1.45. The van der Waals surface area contributed by atoms with Gasteiger partial charge in [-0.3, -0.25) is 0 Å². The summed E-state index contributed by atoms with van der Waals surface area (Å²) in [6.45, 7) is 1.48. The zero-order chi connectivity index (χ0) is 9.80. The Morgan fingerprint density at radius 1 is 1.00 bits per heavy atom. The lowest BCUT2D eigenvalue weighted by Gasteiger charge is -2.04. The molecule has 72 valence electrons. The van der Waals surface area contributed by atoms with Crippen LogP contribution < -0.4 is 10.5 Å². The topological polar surface area (TPSA) is 36.9 Å². The normalized spacial score (nSPS) is 10.4. The first-order chi connectivity index (χ1) is 6.90. The minimum absolute atomic E-state index is 0.679. The Labute approximate surface area is 83.3 Å². The number of hydrogen-bond donors (Lipinski definition) is 1. The van der Waals surface area contributed by atoms with Gasteiger partial charge in [0.2, 0.25) is 0 Å². The van der Waals surface area contributed by atoms with Gasteiger partial charge in [0.25, 0.3) is 0 Å². The van der Waals surface area contributed by atoms with Gasteiger partial charge in [0.1, 0.15) is 18.9 Å². The molecule has 0 spiro atoms. The Morgan fingerprint density at radius 3 is 2.57 bits per heavy atom. The smallest absolute Gasteiger partial charge is 0.137 e. The van der Waals surface area contributed by atoms with Crippen molar-refractivity contribution in [2.75, 3.05) is 13.2 Å². The molecule has 0 unspecified atom stereocenters. The summed E-state index contributed by atoms with van der Waals surface area (Å²) in [5.41, 5.74) is 3.74. The number of quaternary nitrogens is 1. The molecule has 0 aliphatic carbocycles. The lowest BCUT2D eigenvalue weighted by Crippen LogP contribution is -2.52. The summed E-state index contributed by atoms with van der Waals surface area (Å²) in [7, 11) is 0. The SMILES string of the molecule is [NH3+]CCOc1ccc2ccccc2c1. The van der Waals surface area contributed by atoms with E-state index in [0.717, 1.165) is 12.3 Å². The Hall–Kier alpha value is -1.54. The monoisotopic (exact) mass is 188 g/mol. The van der Waals surface area contributed by atoms with Crippen LogP contribution in [0.25, 0.3) is 10.8 Å². The highest BCUT2D eigenvalue weighted by Gasteiger charge is 1.95. The second kappa shape index (κ2) is 4.11. The van der Waals surface area contributed by atoms with E-state index in [4.69, 9.17) is 4.74 Å². The second-order valence-electron chi connectivity index (χ2n) is 3.21. The third kappa shape index (κ3) is 1.86. The molecule has 0 aromatic heterocycles. The van der Waals surface area contributed by atoms with Gasteiger partial charge in [-0.2, -0.15) is 0 Å². The van der Waals surface area contributed by atoms with E-state index in [-0.39, 0.29) is 0 Å². The lowest BCUT2D eigenvalue weighted by molar-refractivity contribution is -0.370. The molecule has 0 radical (unpaired) electrons. The van der Waals surface area contributed by atoms with Crippen molar-refractivity contribution in [3.63, 3.8) is 0 Å². The predicted octanol–water partition coefficient (Wildman–Crippen LogP) is 1.46. The molecule has 0 aliphatic rings. The molecular weight excluding hydrogens is 174 g/mol. The average Bonchev–Trinajstić information content (AvgIpc) is 2.26. The van der Waals surface area contributed by atoms with E-state index in [9.17, 15) is 0 Å². The maximum absolute atomic E-state index is 5.50. The van der Waals surface area contributed by atoms with Crippen molar-refractivity contribution >= 4 is 10.8 Å². The fourth-order valence-electron chi connectivity index (χ4n) is 1.45. The zero-order valence-corrected chi connectivity index (χ0v) is 8.07. The summed E-state index contributed by atoms with van der Waals surface area (Å²) < 4.78 is 5.50. The highest BCUT2D eigenvalue weighted by molar-refractivity contribution is 5.83. The molecule has 0 amide bonds. The highest BCUT2D eigenvalue weighted by Crippen LogP contribution is 2.20. The largest absolute Gasteiger partial charge is 0.488 e. The molecule has 2 heteroatoms. The number of ether oxygens (including phenoxy) is 1. The average molecular weight is 188 g/mol. The minimum Gasteiger partial charge on any atom is -0.488 e. The molecule has 14 heavy (non-hydrogen) atoms. The van der Waals surface area contributed by atoms with Gasteiger partial charge in [0, 0.05) is 0 Å². The minimum atomic E-state index is 0.679. The van der Waals surface area contributed by atoms with Gasteiger partial charge in [0.05, 0.1) is 0 Å². The maximum atomic E-state index is 5.50. The summed E-state index contributed by atoms with van der Waals surface area (Å²) in [6, 6.07) is 14.4. The lowest BCUT2D eigenvalue weighted by atomic mass is 10.1. The molecule has 0 atom stereocenters. The van der Waals surface area contributed by atoms with Crippen molar-refractivity contribution in [3.05, 3.63) is 42.5 Å². The molecule has 0 saturated carbocycles. The molecule has 2 nitrogen and oxygen atoms in total. The molecule has 2 aromatic carbocycles. The van der Waals surface area contributed by atoms with Crippen molar-refractivity contribution in [1.82, 2.24) is 0 Å². The van der Waals surface area contributed by atoms with Crippen LogP contribution in [0.1, 0.15) is 0 Å². The van der Waals surface area contributed by atoms with Crippen LogP contribution in [-0.4, -0.2) is 13.2 Å². The summed E-state index contributed by atoms with van der Waals surface area (Å²) >= 11 is 0. The summed E-state index contributed by atoms with van der Waals surface area (Å²) in [5.74, 6) is 0.923. The molecule has 0 heterocycles. The van der Waals surface area contributed by atoms with Gasteiger partial charge in [-0.15, -0.1) is 0 Å². The zero-order valence-electron chi connectivity index (χ0n) is 8.07. The van der Waals surface area contributed by atoms with Crippen LogP contribution in [0, 0.1) is 0 Å². The quantitative estimate of drug-likeness (QED) is 0.778. The van der Waals surface area contributed by atoms with Crippen LogP contribution in [0.5, 0.6) is 5.75 Å². The molecule has 2 aromatic rings. The van der Waals surface area contributed by atoms with Crippen molar-refractivity contribution in [2.24, 2.45) is 0 Å². The number of hydrogen-bond acceptors (Lipinski definition) is 1. The Balaban J connectivity index is 2.32. The van der Waals surface area contributed by atoms with Gasteiger partial charge < -0.3 is 10.5 Å². The Morgan fingerprint density at radius 2 is 1.79 bits per heavy atom. The predicted molar refractivity (Wildman–Crippen MR) is 57.2 cm³/mol. The van der Waals surface area contributed by atoms with Crippen molar-refractivity contribution in [2.45, 2.75) is 0 Å². The van der Waals surface area contributed by atoms with E-state index in [0.29, 0.717) is 6.61 Å². The van der Waals surface area contributed by atoms with Crippen molar-refractivity contribution in [3.8, 4) is 5.75 Å².